The third-order valence-electron chi connectivity index (χ3n) is 3.78. The van der Waals surface area contributed by atoms with E-state index < -0.39 is 0 Å². The molecule has 2 amide bonds. The van der Waals surface area contributed by atoms with Gasteiger partial charge in [0.1, 0.15) is 5.75 Å². The van der Waals surface area contributed by atoms with E-state index in [1.807, 2.05) is 13.0 Å². The molecule has 0 spiro atoms. The maximum atomic E-state index is 12.4. The van der Waals surface area contributed by atoms with Crippen LogP contribution in [0.1, 0.15) is 30.1 Å². The lowest BCUT2D eigenvalue weighted by Gasteiger charge is -2.07. The molecule has 0 bridgehead atoms. The minimum atomic E-state index is -0.278. The second-order valence-corrected chi connectivity index (χ2v) is 7.24. The second kappa shape index (κ2) is 8.37. The SMILES string of the molecule is CCCC(=O)Nc1nc2ccc(NC(=O)c3ccc(OC)c(Cl)c3)cc2s1. The number of ether oxygens (including phenoxy) is 1. The van der Waals surface area contributed by atoms with Gasteiger partial charge in [-0.3, -0.25) is 9.59 Å². The number of hydrogen-bond acceptors (Lipinski definition) is 5. The minimum absolute atomic E-state index is 0.0542. The van der Waals surface area contributed by atoms with Crippen LogP contribution in [0.4, 0.5) is 10.8 Å². The molecule has 0 radical (unpaired) electrons. The molecule has 8 heteroatoms. The maximum absolute atomic E-state index is 12.4. The zero-order valence-corrected chi connectivity index (χ0v) is 16.4. The summed E-state index contributed by atoms with van der Waals surface area (Å²) in [4.78, 5) is 28.5. The maximum Gasteiger partial charge on any atom is 0.255 e. The van der Waals surface area contributed by atoms with Crippen molar-refractivity contribution in [3.8, 4) is 5.75 Å². The van der Waals surface area contributed by atoms with E-state index in [1.165, 1.54) is 18.4 Å². The lowest BCUT2D eigenvalue weighted by Crippen LogP contribution is -2.11. The van der Waals surface area contributed by atoms with Crippen molar-refractivity contribution >= 4 is 55.8 Å². The third kappa shape index (κ3) is 4.56. The number of methoxy groups -OCH3 is 1. The van der Waals surface area contributed by atoms with Crippen molar-refractivity contribution in [3.63, 3.8) is 0 Å². The number of nitrogens with zero attached hydrogens (tertiary/aromatic N) is 1. The van der Waals surface area contributed by atoms with E-state index in [2.05, 4.69) is 15.6 Å². The van der Waals surface area contributed by atoms with E-state index in [9.17, 15) is 9.59 Å². The Morgan fingerprint density at radius 2 is 2.00 bits per heavy atom. The molecule has 6 nitrogen and oxygen atoms in total. The molecule has 1 aromatic heterocycles. The van der Waals surface area contributed by atoms with Gasteiger partial charge in [-0.25, -0.2) is 4.98 Å². The zero-order chi connectivity index (χ0) is 19.4. The highest BCUT2D eigenvalue weighted by molar-refractivity contribution is 7.22. The van der Waals surface area contributed by atoms with Crippen molar-refractivity contribution in [1.82, 2.24) is 4.98 Å². The molecular formula is C19H18ClN3O3S. The quantitative estimate of drug-likeness (QED) is 0.610. The summed E-state index contributed by atoms with van der Waals surface area (Å²) in [5.41, 5.74) is 1.82. The minimum Gasteiger partial charge on any atom is -0.495 e. The first-order valence-electron chi connectivity index (χ1n) is 8.35. The number of amides is 2. The van der Waals surface area contributed by atoms with Gasteiger partial charge < -0.3 is 15.4 Å². The molecule has 0 saturated heterocycles. The Bertz CT molecular complexity index is 1000. The molecule has 140 valence electrons. The van der Waals surface area contributed by atoms with Crippen molar-refractivity contribution in [2.75, 3.05) is 17.7 Å². The van der Waals surface area contributed by atoms with Crippen molar-refractivity contribution < 1.29 is 14.3 Å². The molecule has 0 aliphatic carbocycles. The van der Waals surface area contributed by atoms with E-state index in [1.54, 1.807) is 30.3 Å². The molecule has 0 atom stereocenters. The van der Waals surface area contributed by atoms with Crippen molar-refractivity contribution in [2.24, 2.45) is 0 Å². The van der Waals surface area contributed by atoms with Gasteiger partial charge in [0.05, 0.1) is 22.3 Å². The van der Waals surface area contributed by atoms with Crippen LogP contribution < -0.4 is 15.4 Å². The molecular weight excluding hydrogens is 386 g/mol. The van der Waals surface area contributed by atoms with E-state index in [0.717, 1.165) is 16.6 Å². The molecule has 0 unspecified atom stereocenters. The monoisotopic (exact) mass is 403 g/mol. The highest BCUT2D eigenvalue weighted by atomic mass is 35.5. The number of fused-ring (bicyclic) bond motifs is 1. The molecule has 0 saturated carbocycles. The number of aromatic nitrogens is 1. The van der Waals surface area contributed by atoms with Gasteiger partial charge in [-0.2, -0.15) is 0 Å². The summed E-state index contributed by atoms with van der Waals surface area (Å²) in [6.45, 7) is 1.95. The Morgan fingerprint density at radius 1 is 1.19 bits per heavy atom. The Labute approximate surface area is 165 Å². The largest absolute Gasteiger partial charge is 0.495 e. The van der Waals surface area contributed by atoms with E-state index in [4.69, 9.17) is 16.3 Å². The Hall–Kier alpha value is -2.64. The Kier molecular flexibility index (Phi) is 5.93. The first kappa shape index (κ1) is 19.1. The predicted octanol–water partition coefficient (Wildman–Crippen LogP) is 4.95. The Balaban J connectivity index is 1.76. The number of anilines is 2. The van der Waals surface area contributed by atoms with Crippen LogP contribution in [0.3, 0.4) is 0 Å². The highest BCUT2D eigenvalue weighted by Gasteiger charge is 2.12. The van der Waals surface area contributed by atoms with Crippen LogP contribution in [0.2, 0.25) is 5.02 Å². The number of halogens is 1. The van der Waals surface area contributed by atoms with Crippen LogP contribution in [0, 0.1) is 0 Å². The van der Waals surface area contributed by atoms with Crippen LogP contribution in [0.25, 0.3) is 10.2 Å². The molecule has 2 aromatic carbocycles. The Morgan fingerprint density at radius 3 is 2.70 bits per heavy atom. The van der Waals surface area contributed by atoms with Crippen molar-refractivity contribution in [3.05, 3.63) is 47.0 Å². The first-order chi connectivity index (χ1) is 13.0. The number of benzene rings is 2. The fourth-order valence-electron chi connectivity index (χ4n) is 2.48. The third-order valence-corrected chi connectivity index (χ3v) is 5.01. The van der Waals surface area contributed by atoms with Gasteiger partial charge in [0.25, 0.3) is 5.91 Å². The number of rotatable bonds is 6. The zero-order valence-electron chi connectivity index (χ0n) is 14.8. The molecule has 3 aromatic rings. The van der Waals surface area contributed by atoms with Gasteiger partial charge in [-0.05, 0) is 42.8 Å². The van der Waals surface area contributed by atoms with Crippen LogP contribution >= 0.6 is 22.9 Å². The lowest BCUT2D eigenvalue weighted by molar-refractivity contribution is -0.116. The summed E-state index contributed by atoms with van der Waals surface area (Å²) in [5, 5.41) is 6.55. The molecule has 3 rings (SSSR count). The molecule has 2 N–H and O–H groups in total. The molecule has 0 aliphatic heterocycles. The van der Waals surface area contributed by atoms with Crippen LogP contribution in [0.5, 0.6) is 5.75 Å². The summed E-state index contributed by atoms with van der Waals surface area (Å²) in [7, 11) is 1.52. The molecule has 0 fully saturated rings. The number of thiazole rings is 1. The molecule has 1 heterocycles. The van der Waals surface area contributed by atoms with E-state index >= 15 is 0 Å². The average Bonchev–Trinajstić information content (AvgIpc) is 3.03. The number of carbonyl (C=O) groups excluding carboxylic acids is 2. The highest BCUT2D eigenvalue weighted by Crippen LogP contribution is 2.29. The molecule has 0 aliphatic rings. The smallest absolute Gasteiger partial charge is 0.255 e. The fraction of sp³-hybridized carbons (Fsp3) is 0.211. The normalized spacial score (nSPS) is 10.6. The van der Waals surface area contributed by atoms with E-state index in [-0.39, 0.29) is 11.8 Å². The average molecular weight is 404 g/mol. The predicted molar refractivity (Wildman–Crippen MR) is 109 cm³/mol. The summed E-state index contributed by atoms with van der Waals surface area (Å²) >= 11 is 7.44. The van der Waals surface area contributed by atoms with Crippen molar-refractivity contribution in [2.45, 2.75) is 19.8 Å². The second-order valence-electron chi connectivity index (χ2n) is 5.80. The van der Waals surface area contributed by atoms with Gasteiger partial charge in [0.2, 0.25) is 5.91 Å². The molecule has 27 heavy (non-hydrogen) atoms. The van der Waals surface area contributed by atoms with Crippen molar-refractivity contribution in [1.29, 1.82) is 0 Å². The standard InChI is InChI=1S/C19H18ClN3O3S/c1-3-4-17(24)23-19-22-14-7-6-12(10-16(14)27-19)21-18(25)11-5-8-15(26-2)13(20)9-11/h5-10H,3-4H2,1-2H3,(H,21,25)(H,22,23,24). The van der Waals surface area contributed by atoms with Crippen LogP contribution in [0.15, 0.2) is 36.4 Å². The van der Waals surface area contributed by atoms with Gasteiger partial charge in [-0.15, -0.1) is 0 Å². The van der Waals surface area contributed by atoms with Gasteiger partial charge in [-0.1, -0.05) is 29.9 Å². The van der Waals surface area contributed by atoms with Gasteiger partial charge in [0, 0.05) is 17.7 Å². The fourth-order valence-corrected chi connectivity index (χ4v) is 3.65. The van der Waals surface area contributed by atoms with Gasteiger partial charge in [0.15, 0.2) is 5.13 Å². The number of hydrogen-bond donors (Lipinski definition) is 2. The number of carbonyl (C=O) groups is 2. The topological polar surface area (TPSA) is 80.3 Å². The summed E-state index contributed by atoms with van der Waals surface area (Å²) in [6, 6.07) is 10.2. The summed E-state index contributed by atoms with van der Waals surface area (Å²) in [5.74, 6) is 0.179. The first-order valence-corrected chi connectivity index (χ1v) is 9.55. The lowest BCUT2D eigenvalue weighted by atomic mass is 10.2. The van der Waals surface area contributed by atoms with E-state index in [0.29, 0.717) is 33.6 Å². The van der Waals surface area contributed by atoms with Crippen LogP contribution in [-0.2, 0) is 4.79 Å². The van der Waals surface area contributed by atoms with Crippen LogP contribution in [-0.4, -0.2) is 23.9 Å². The summed E-state index contributed by atoms with van der Waals surface area (Å²) in [6.07, 6.45) is 1.24. The number of nitrogens with one attached hydrogen (secondary N) is 2. The van der Waals surface area contributed by atoms with Gasteiger partial charge >= 0.3 is 0 Å². The summed E-state index contributed by atoms with van der Waals surface area (Å²) < 4.78 is 5.96.